The first-order valence-corrected chi connectivity index (χ1v) is 8.60. The van der Waals surface area contributed by atoms with Gasteiger partial charge in [-0.05, 0) is 49.2 Å². The minimum absolute atomic E-state index is 0.504. The Morgan fingerprint density at radius 2 is 1.92 bits per heavy atom. The van der Waals surface area contributed by atoms with Crippen LogP contribution in [-0.2, 0) is 6.54 Å². The molecule has 2 aromatic carbocycles. The molecular weight excluding hydrogens is 326 g/mol. The van der Waals surface area contributed by atoms with Crippen molar-refractivity contribution in [3.63, 3.8) is 0 Å². The van der Waals surface area contributed by atoms with Crippen LogP contribution in [0, 0.1) is 6.92 Å². The van der Waals surface area contributed by atoms with Crippen LogP contribution in [0.4, 0.5) is 17.5 Å². The van der Waals surface area contributed by atoms with Crippen molar-refractivity contribution in [2.45, 2.75) is 20.4 Å². The summed E-state index contributed by atoms with van der Waals surface area (Å²) in [6, 6.07) is 16.2. The van der Waals surface area contributed by atoms with Gasteiger partial charge in [0.1, 0.15) is 5.75 Å². The summed E-state index contributed by atoms with van der Waals surface area (Å²) in [5, 5.41) is 11.4. The molecule has 0 aliphatic heterocycles. The van der Waals surface area contributed by atoms with E-state index in [2.05, 4.69) is 57.4 Å². The molecule has 0 radical (unpaired) electrons. The van der Waals surface area contributed by atoms with Crippen LogP contribution >= 0.6 is 0 Å². The highest BCUT2D eigenvalue weighted by molar-refractivity contribution is 5.60. The number of anilines is 3. The Morgan fingerprint density at radius 1 is 1.12 bits per heavy atom. The molecule has 0 saturated heterocycles. The van der Waals surface area contributed by atoms with Crippen LogP contribution < -0.4 is 15.0 Å². The van der Waals surface area contributed by atoms with E-state index >= 15 is 0 Å². The molecule has 0 bridgehead atoms. The van der Waals surface area contributed by atoms with Crippen molar-refractivity contribution in [2.75, 3.05) is 23.9 Å². The number of hydrogen-bond donors (Lipinski definition) is 1. The molecule has 0 atom stereocenters. The van der Waals surface area contributed by atoms with E-state index in [1.54, 1.807) is 13.3 Å². The molecule has 0 aliphatic rings. The molecule has 0 spiro atoms. The monoisotopic (exact) mass is 349 g/mol. The third kappa shape index (κ3) is 4.27. The molecule has 26 heavy (non-hydrogen) atoms. The molecule has 0 aliphatic carbocycles. The summed E-state index contributed by atoms with van der Waals surface area (Å²) in [4.78, 5) is 6.73. The highest BCUT2D eigenvalue weighted by Gasteiger charge is 2.11. The molecule has 6 heteroatoms. The summed E-state index contributed by atoms with van der Waals surface area (Å²) in [5.41, 5.74) is 3.42. The molecule has 0 unspecified atom stereocenters. The molecule has 0 amide bonds. The number of nitrogens with zero attached hydrogens (tertiary/aromatic N) is 4. The second-order valence-corrected chi connectivity index (χ2v) is 5.92. The lowest BCUT2D eigenvalue weighted by Crippen LogP contribution is -2.19. The van der Waals surface area contributed by atoms with Crippen molar-refractivity contribution in [3.8, 4) is 5.75 Å². The molecule has 3 rings (SSSR count). The van der Waals surface area contributed by atoms with Gasteiger partial charge in [-0.1, -0.05) is 24.3 Å². The lowest BCUT2D eigenvalue weighted by Gasteiger charge is -2.22. The van der Waals surface area contributed by atoms with E-state index in [1.165, 1.54) is 5.56 Å². The van der Waals surface area contributed by atoms with Crippen LogP contribution in [0.25, 0.3) is 0 Å². The topological polar surface area (TPSA) is 63.2 Å². The van der Waals surface area contributed by atoms with E-state index in [0.29, 0.717) is 12.5 Å². The van der Waals surface area contributed by atoms with Gasteiger partial charge in [0.15, 0.2) is 5.82 Å². The first-order valence-electron chi connectivity index (χ1n) is 8.60. The van der Waals surface area contributed by atoms with Crippen molar-refractivity contribution in [1.82, 2.24) is 15.2 Å². The van der Waals surface area contributed by atoms with Crippen LogP contribution in [0.3, 0.4) is 0 Å². The molecule has 6 nitrogen and oxygen atoms in total. The third-order valence-electron chi connectivity index (χ3n) is 4.06. The molecule has 1 N–H and O–H groups in total. The minimum atomic E-state index is 0.504. The number of benzene rings is 2. The second-order valence-electron chi connectivity index (χ2n) is 5.92. The summed E-state index contributed by atoms with van der Waals surface area (Å²) in [6.45, 7) is 5.58. The molecule has 0 saturated carbocycles. The van der Waals surface area contributed by atoms with E-state index in [4.69, 9.17) is 4.74 Å². The average molecular weight is 349 g/mol. The first-order chi connectivity index (χ1) is 12.7. The average Bonchev–Trinajstić information content (AvgIpc) is 2.68. The Labute approximate surface area is 153 Å². The number of hydrogen-bond acceptors (Lipinski definition) is 6. The van der Waals surface area contributed by atoms with Gasteiger partial charge in [-0.25, -0.2) is 0 Å². The summed E-state index contributed by atoms with van der Waals surface area (Å²) >= 11 is 0. The van der Waals surface area contributed by atoms with Crippen molar-refractivity contribution in [3.05, 3.63) is 65.9 Å². The predicted octanol–water partition coefficient (Wildman–Crippen LogP) is 3.96. The normalized spacial score (nSPS) is 10.4. The van der Waals surface area contributed by atoms with Gasteiger partial charge >= 0.3 is 0 Å². The lowest BCUT2D eigenvalue weighted by atomic mass is 10.2. The molecule has 134 valence electrons. The van der Waals surface area contributed by atoms with Crippen LogP contribution in [0.2, 0.25) is 0 Å². The summed E-state index contributed by atoms with van der Waals surface area (Å²) < 4.78 is 5.18. The maximum atomic E-state index is 5.18. The highest BCUT2D eigenvalue weighted by Crippen LogP contribution is 2.24. The molecule has 0 fully saturated rings. The predicted molar refractivity (Wildman–Crippen MR) is 104 cm³/mol. The number of nitrogens with one attached hydrogen (secondary N) is 1. The summed E-state index contributed by atoms with van der Waals surface area (Å²) in [5.74, 6) is 2.11. The highest BCUT2D eigenvalue weighted by atomic mass is 16.5. The van der Waals surface area contributed by atoms with E-state index in [-0.39, 0.29) is 0 Å². The summed E-state index contributed by atoms with van der Waals surface area (Å²) in [7, 11) is 1.66. The SMILES string of the molecule is CCN(c1cccc(C)c1)c1cnnc(NCc2ccc(OC)cc2)n1. The number of aromatic nitrogens is 3. The van der Waals surface area contributed by atoms with Crippen LogP contribution in [0.15, 0.2) is 54.7 Å². The Kier molecular flexibility index (Phi) is 5.63. The molecule has 3 aromatic rings. The first kappa shape index (κ1) is 17.7. The van der Waals surface area contributed by atoms with Gasteiger partial charge in [-0.15, -0.1) is 5.10 Å². The smallest absolute Gasteiger partial charge is 0.244 e. The fourth-order valence-corrected chi connectivity index (χ4v) is 2.70. The number of rotatable bonds is 7. The molecule has 1 heterocycles. The van der Waals surface area contributed by atoms with Crippen LogP contribution in [0.5, 0.6) is 5.75 Å². The maximum Gasteiger partial charge on any atom is 0.244 e. The zero-order valence-corrected chi connectivity index (χ0v) is 15.3. The Bertz CT molecular complexity index is 851. The van der Waals surface area contributed by atoms with E-state index < -0.39 is 0 Å². The Balaban J connectivity index is 1.74. The Morgan fingerprint density at radius 3 is 2.62 bits per heavy atom. The van der Waals surface area contributed by atoms with Gasteiger partial charge in [0, 0.05) is 18.8 Å². The zero-order chi connectivity index (χ0) is 18.4. The molecule has 1 aromatic heterocycles. The van der Waals surface area contributed by atoms with Gasteiger partial charge in [-0.3, -0.25) is 0 Å². The van der Waals surface area contributed by atoms with Crippen LogP contribution in [-0.4, -0.2) is 28.8 Å². The van der Waals surface area contributed by atoms with E-state index in [9.17, 15) is 0 Å². The standard InChI is InChI=1S/C20H23N5O/c1-4-25(17-7-5-6-15(2)12-17)19-14-22-24-20(23-19)21-13-16-8-10-18(26-3)11-9-16/h5-12,14H,4,13H2,1-3H3,(H,21,23,24). The van der Waals surface area contributed by atoms with Crippen molar-refractivity contribution in [1.29, 1.82) is 0 Å². The van der Waals surface area contributed by atoms with Gasteiger partial charge in [0.2, 0.25) is 5.95 Å². The quantitative estimate of drug-likeness (QED) is 0.697. The largest absolute Gasteiger partial charge is 0.497 e. The van der Waals surface area contributed by atoms with Crippen molar-refractivity contribution in [2.24, 2.45) is 0 Å². The van der Waals surface area contributed by atoms with Crippen molar-refractivity contribution >= 4 is 17.5 Å². The van der Waals surface area contributed by atoms with Crippen LogP contribution in [0.1, 0.15) is 18.1 Å². The number of ether oxygens (including phenoxy) is 1. The zero-order valence-electron chi connectivity index (χ0n) is 15.3. The molecular formula is C20H23N5O. The summed E-state index contributed by atoms with van der Waals surface area (Å²) in [6.07, 6.45) is 1.68. The Hall–Kier alpha value is -3.15. The van der Waals surface area contributed by atoms with Gasteiger partial charge in [0.05, 0.1) is 13.3 Å². The van der Waals surface area contributed by atoms with Gasteiger partial charge in [0.25, 0.3) is 0 Å². The number of aryl methyl sites for hydroxylation is 1. The maximum absolute atomic E-state index is 5.18. The fourth-order valence-electron chi connectivity index (χ4n) is 2.70. The number of methoxy groups -OCH3 is 1. The van der Waals surface area contributed by atoms with Crippen molar-refractivity contribution < 1.29 is 4.74 Å². The fraction of sp³-hybridized carbons (Fsp3) is 0.250. The van der Waals surface area contributed by atoms with Gasteiger partial charge < -0.3 is 15.0 Å². The van der Waals surface area contributed by atoms with E-state index in [0.717, 1.165) is 29.4 Å². The second kappa shape index (κ2) is 8.29. The van der Waals surface area contributed by atoms with E-state index in [1.807, 2.05) is 30.3 Å². The minimum Gasteiger partial charge on any atom is -0.497 e. The van der Waals surface area contributed by atoms with Gasteiger partial charge in [-0.2, -0.15) is 10.1 Å². The lowest BCUT2D eigenvalue weighted by molar-refractivity contribution is 0.414. The third-order valence-corrected chi connectivity index (χ3v) is 4.06.